The Morgan fingerprint density at radius 1 is 0.600 bits per heavy atom. The molecule has 4 nitrogen and oxygen atoms in total. The Morgan fingerprint density at radius 2 is 0.967 bits per heavy atom. The molecule has 0 amide bonds. The van der Waals surface area contributed by atoms with E-state index in [1.807, 2.05) is 36.4 Å². The van der Waals surface area contributed by atoms with E-state index >= 15 is 0 Å². The molecule has 2 aromatic rings. The normalized spacial score (nSPS) is 36.3. The highest BCUT2D eigenvalue weighted by Crippen LogP contribution is 2.74. The molecule has 0 radical (unpaired) electrons. The van der Waals surface area contributed by atoms with E-state index in [0.29, 0.717) is 17.9 Å². The van der Waals surface area contributed by atoms with E-state index in [9.17, 15) is 9.59 Å². The van der Waals surface area contributed by atoms with Crippen molar-refractivity contribution in [1.82, 2.24) is 0 Å². The molecule has 2 aromatic carbocycles. The molecule has 0 aliphatic heterocycles. The van der Waals surface area contributed by atoms with Gasteiger partial charge in [0.1, 0.15) is 11.5 Å². The SMILES string of the molecule is CC12CC3(C)CC(C(=O)Oc4ccccc4)(C1)CC(C(=O)Oc1ccccc1)(C2)C3. The third-order valence-electron chi connectivity index (χ3n) is 7.36. The van der Waals surface area contributed by atoms with Crippen LogP contribution in [-0.2, 0) is 9.59 Å². The Morgan fingerprint density at radius 3 is 1.33 bits per heavy atom. The molecule has 0 atom stereocenters. The molecule has 0 unspecified atom stereocenters. The zero-order valence-corrected chi connectivity index (χ0v) is 17.6. The fourth-order valence-electron chi connectivity index (χ4n) is 7.54. The number of rotatable bonds is 4. The lowest BCUT2D eigenvalue weighted by molar-refractivity contribution is -0.213. The molecule has 4 bridgehead atoms. The lowest BCUT2D eigenvalue weighted by Crippen LogP contribution is -2.65. The van der Waals surface area contributed by atoms with Crippen molar-refractivity contribution >= 4 is 11.9 Å². The Balaban J connectivity index is 1.48. The van der Waals surface area contributed by atoms with Crippen molar-refractivity contribution in [3.63, 3.8) is 0 Å². The monoisotopic (exact) mass is 404 g/mol. The van der Waals surface area contributed by atoms with Crippen LogP contribution < -0.4 is 9.47 Å². The number of carbonyl (C=O) groups is 2. The van der Waals surface area contributed by atoms with Gasteiger partial charge in [-0.15, -0.1) is 0 Å². The van der Waals surface area contributed by atoms with E-state index in [1.165, 1.54) is 0 Å². The first-order valence-corrected chi connectivity index (χ1v) is 10.8. The summed E-state index contributed by atoms with van der Waals surface area (Å²) < 4.78 is 11.7. The smallest absolute Gasteiger partial charge is 0.317 e. The van der Waals surface area contributed by atoms with Crippen LogP contribution in [-0.4, -0.2) is 11.9 Å². The van der Waals surface area contributed by atoms with Gasteiger partial charge in [-0.2, -0.15) is 0 Å². The van der Waals surface area contributed by atoms with E-state index < -0.39 is 10.8 Å². The van der Waals surface area contributed by atoms with E-state index in [-0.39, 0.29) is 22.8 Å². The summed E-state index contributed by atoms with van der Waals surface area (Å²) in [5.41, 5.74) is -1.39. The van der Waals surface area contributed by atoms with Crippen LogP contribution in [0.2, 0.25) is 0 Å². The summed E-state index contributed by atoms with van der Waals surface area (Å²) in [5.74, 6) is 0.744. The van der Waals surface area contributed by atoms with E-state index in [0.717, 1.165) is 32.1 Å². The van der Waals surface area contributed by atoms with Gasteiger partial charge in [-0.05, 0) is 73.6 Å². The number of esters is 2. The standard InChI is InChI=1S/C26H28O4/c1-23-13-24(2)16-25(14-23,21(27)29-19-9-5-3-6-10-19)18-26(15-23,17-24)22(28)30-20-11-7-4-8-12-20/h3-12H,13-18H2,1-2H3. The number of carbonyl (C=O) groups excluding carboxylic acids is 2. The van der Waals surface area contributed by atoms with Gasteiger partial charge in [-0.25, -0.2) is 0 Å². The molecule has 0 spiro atoms. The first kappa shape index (κ1) is 19.3. The highest BCUT2D eigenvalue weighted by atomic mass is 16.5. The Kier molecular flexibility index (Phi) is 4.15. The summed E-state index contributed by atoms with van der Waals surface area (Å²) in [6.45, 7) is 4.47. The second kappa shape index (κ2) is 6.44. The zero-order valence-electron chi connectivity index (χ0n) is 17.6. The third kappa shape index (κ3) is 3.13. The topological polar surface area (TPSA) is 52.6 Å². The molecular formula is C26H28O4. The average Bonchev–Trinajstić information content (AvgIpc) is 2.67. The van der Waals surface area contributed by atoms with Crippen molar-refractivity contribution in [3.8, 4) is 11.5 Å². The van der Waals surface area contributed by atoms with E-state index in [2.05, 4.69) is 13.8 Å². The largest absolute Gasteiger partial charge is 0.426 e. The van der Waals surface area contributed by atoms with Gasteiger partial charge in [0.15, 0.2) is 0 Å². The van der Waals surface area contributed by atoms with Crippen molar-refractivity contribution < 1.29 is 19.1 Å². The maximum Gasteiger partial charge on any atom is 0.317 e. The van der Waals surface area contributed by atoms with Crippen LogP contribution in [0.4, 0.5) is 0 Å². The first-order valence-electron chi connectivity index (χ1n) is 10.8. The highest BCUT2D eigenvalue weighted by molar-refractivity contribution is 5.85. The van der Waals surface area contributed by atoms with Crippen molar-refractivity contribution in [2.75, 3.05) is 0 Å². The van der Waals surface area contributed by atoms with Crippen molar-refractivity contribution in [2.45, 2.75) is 52.4 Å². The van der Waals surface area contributed by atoms with Gasteiger partial charge < -0.3 is 9.47 Å². The van der Waals surface area contributed by atoms with Crippen LogP contribution in [0.1, 0.15) is 52.4 Å². The van der Waals surface area contributed by atoms with Gasteiger partial charge in [0.25, 0.3) is 0 Å². The van der Waals surface area contributed by atoms with Gasteiger partial charge in [-0.3, -0.25) is 9.59 Å². The average molecular weight is 405 g/mol. The van der Waals surface area contributed by atoms with Crippen LogP contribution >= 0.6 is 0 Å². The maximum atomic E-state index is 13.5. The van der Waals surface area contributed by atoms with Crippen molar-refractivity contribution in [2.24, 2.45) is 21.7 Å². The Bertz CT molecular complexity index is 887. The minimum atomic E-state index is -0.635. The summed E-state index contributed by atoms with van der Waals surface area (Å²) in [5, 5.41) is 0. The van der Waals surface area contributed by atoms with Gasteiger partial charge in [0.2, 0.25) is 0 Å². The molecule has 4 fully saturated rings. The summed E-state index contributed by atoms with van der Waals surface area (Å²) in [7, 11) is 0. The maximum absolute atomic E-state index is 13.5. The Hall–Kier alpha value is -2.62. The summed E-state index contributed by atoms with van der Waals surface area (Å²) in [6, 6.07) is 18.5. The predicted octanol–water partition coefficient (Wildman–Crippen LogP) is 5.56. The molecule has 0 aromatic heterocycles. The molecule has 0 heterocycles. The molecule has 0 saturated heterocycles. The molecule has 6 rings (SSSR count). The molecule has 4 saturated carbocycles. The van der Waals surface area contributed by atoms with Gasteiger partial charge in [0.05, 0.1) is 10.8 Å². The molecular weight excluding hydrogens is 376 g/mol. The minimum absolute atomic E-state index is 0.0606. The zero-order chi connectivity index (χ0) is 21.0. The number of para-hydroxylation sites is 2. The second-order valence-electron chi connectivity index (χ2n) is 10.6. The molecule has 4 aliphatic carbocycles. The van der Waals surface area contributed by atoms with Crippen molar-refractivity contribution in [1.29, 1.82) is 0 Å². The van der Waals surface area contributed by atoms with E-state index in [1.54, 1.807) is 24.3 Å². The van der Waals surface area contributed by atoms with Crippen LogP contribution in [0.25, 0.3) is 0 Å². The summed E-state index contributed by atoms with van der Waals surface area (Å²) in [4.78, 5) is 27.0. The fraction of sp³-hybridized carbons (Fsp3) is 0.462. The lowest BCUT2D eigenvalue weighted by Gasteiger charge is -2.67. The number of benzene rings is 2. The third-order valence-corrected chi connectivity index (χ3v) is 7.36. The molecule has 4 aliphatic rings. The second-order valence-corrected chi connectivity index (χ2v) is 10.6. The quantitative estimate of drug-likeness (QED) is 0.494. The summed E-state index contributed by atoms with van der Waals surface area (Å²) in [6.07, 6.45) is 4.68. The number of ether oxygens (including phenoxy) is 2. The van der Waals surface area contributed by atoms with Gasteiger partial charge in [0, 0.05) is 0 Å². The summed E-state index contributed by atoms with van der Waals surface area (Å²) >= 11 is 0. The van der Waals surface area contributed by atoms with Crippen LogP contribution in [0.5, 0.6) is 11.5 Å². The van der Waals surface area contributed by atoms with Crippen molar-refractivity contribution in [3.05, 3.63) is 60.7 Å². The first-order chi connectivity index (χ1) is 14.2. The molecule has 156 valence electrons. The molecule has 0 N–H and O–H groups in total. The molecule has 4 heteroatoms. The minimum Gasteiger partial charge on any atom is -0.426 e. The lowest BCUT2D eigenvalue weighted by atomic mass is 9.36. The van der Waals surface area contributed by atoms with E-state index in [4.69, 9.17) is 9.47 Å². The van der Waals surface area contributed by atoms with Gasteiger partial charge in [-0.1, -0.05) is 50.2 Å². The number of hydrogen-bond donors (Lipinski definition) is 0. The predicted molar refractivity (Wildman–Crippen MR) is 113 cm³/mol. The fourth-order valence-corrected chi connectivity index (χ4v) is 7.54. The highest BCUT2D eigenvalue weighted by Gasteiger charge is 2.70. The van der Waals surface area contributed by atoms with Crippen LogP contribution in [0.3, 0.4) is 0 Å². The number of hydrogen-bond acceptors (Lipinski definition) is 4. The van der Waals surface area contributed by atoms with Gasteiger partial charge >= 0.3 is 11.9 Å². The van der Waals surface area contributed by atoms with Crippen LogP contribution in [0.15, 0.2) is 60.7 Å². The molecule has 30 heavy (non-hydrogen) atoms. The van der Waals surface area contributed by atoms with Crippen LogP contribution in [0, 0.1) is 21.7 Å². The Labute approximate surface area is 177 Å².